The highest BCUT2D eigenvalue weighted by Crippen LogP contribution is 2.28. The second kappa shape index (κ2) is 7.08. The second-order valence-electron chi connectivity index (χ2n) is 6.02. The zero-order chi connectivity index (χ0) is 17.0. The van der Waals surface area contributed by atoms with Crippen LogP contribution in [-0.4, -0.2) is 32.6 Å². The molecule has 0 spiro atoms. The number of carbonyl (C=O) groups is 1. The highest BCUT2D eigenvalue weighted by atomic mass is 35.5. The molecule has 1 saturated carbocycles. The Kier molecular flexibility index (Phi) is 4.89. The largest absolute Gasteiger partial charge is 0.378 e. The van der Waals surface area contributed by atoms with Crippen molar-refractivity contribution in [1.82, 2.24) is 15.3 Å². The predicted molar refractivity (Wildman–Crippen MR) is 91.6 cm³/mol. The summed E-state index contributed by atoms with van der Waals surface area (Å²) in [5, 5.41) is 14.3. The van der Waals surface area contributed by atoms with Crippen molar-refractivity contribution >= 4 is 17.5 Å². The van der Waals surface area contributed by atoms with Crippen molar-refractivity contribution in [3.05, 3.63) is 53.1 Å². The Morgan fingerprint density at radius 3 is 3.12 bits per heavy atom. The van der Waals surface area contributed by atoms with E-state index in [0.717, 1.165) is 18.4 Å². The highest BCUT2D eigenvalue weighted by Gasteiger charge is 2.33. The Morgan fingerprint density at radius 1 is 1.50 bits per heavy atom. The average Bonchev–Trinajstić information content (AvgIpc) is 3.08. The molecule has 6 heteroatoms. The van der Waals surface area contributed by atoms with Gasteiger partial charge in [0.15, 0.2) is 0 Å². The number of nitrogens with one attached hydrogen (secondary N) is 2. The summed E-state index contributed by atoms with van der Waals surface area (Å²) >= 11 is 5.94. The lowest BCUT2D eigenvalue weighted by Crippen LogP contribution is -2.45. The molecule has 1 amide bonds. The molecule has 0 saturated heterocycles. The van der Waals surface area contributed by atoms with E-state index in [1.807, 2.05) is 12.1 Å². The number of nitrogens with zero attached hydrogens (tertiary/aromatic N) is 1. The molecular formula is C18H18ClN3O2. The first-order valence-corrected chi connectivity index (χ1v) is 8.22. The summed E-state index contributed by atoms with van der Waals surface area (Å²) in [5.74, 6) is 5.72. The number of aromatic amines is 1. The number of hydrogen-bond donors (Lipinski definition) is 3. The fraction of sp³-hybridized carbons (Fsp3) is 0.333. The van der Waals surface area contributed by atoms with Gasteiger partial charge in [0.25, 0.3) is 5.91 Å². The first kappa shape index (κ1) is 16.6. The van der Waals surface area contributed by atoms with E-state index in [2.05, 4.69) is 27.1 Å². The van der Waals surface area contributed by atoms with Gasteiger partial charge in [-0.2, -0.15) is 0 Å². The Bertz CT molecular complexity index is 779. The van der Waals surface area contributed by atoms with Crippen LogP contribution in [0.4, 0.5) is 0 Å². The number of imidazole rings is 1. The van der Waals surface area contributed by atoms with E-state index in [9.17, 15) is 9.90 Å². The average molecular weight is 344 g/mol. The standard InChI is InChI=1S/C18H18ClN3O2/c19-14-4-1-3-13(9-14)6-8-18(24)7-2-5-15(10-18)22-17(23)16-11-20-12-21-16/h1,3-4,9,11-12,15,24H,2,5,7,10H2,(H,20,21)(H,22,23)/t15-,18+/m1/s1. The van der Waals surface area contributed by atoms with E-state index in [-0.39, 0.29) is 11.9 Å². The van der Waals surface area contributed by atoms with E-state index in [4.69, 9.17) is 11.6 Å². The van der Waals surface area contributed by atoms with Crippen LogP contribution in [0.5, 0.6) is 0 Å². The quantitative estimate of drug-likeness (QED) is 0.733. The number of rotatable bonds is 2. The lowest BCUT2D eigenvalue weighted by molar-refractivity contribution is 0.0451. The molecule has 1 fully saturated rings. The third-order valence-corrected chi connectivity index (χ3v) is 4.30. The molecule has 2 aromatic rings. The molecule has 2 atom stereocenters. The Hall–Kier alpha value is -2.29. The monoisotopic (exact) mass is 343 g/mol. The predicted octanol–water partition coefficient (Wildman–Crippen LogP) is 2.52. The van der Waals surface area contributed by atoms with E-state index in [1.54, 1.807) is 12.1 Å². The fourth-order valence-electron chi connectivity index (χ4n) is 2.89. The van der Waals surface area contributed by atoms with Crippen LogP contribution < -0.4 is 5.32 Å². The minimum absolute atomic E-state index is 0.117. The summed E-state index contributed by atoms with van der Waals surface area (Å²) < 4.78 is 0. The maximum absolute atomic E-state index is 12.1. The lowest BCUT2D eigenvalue weighted by atomic mass is 9.82. The number of aliphatic hydroxyl groups is 1. The molecule has 1 aromatic heterocycles. The van der Waals surface area contributed by atoms with Gasteiger partial charge >= 0.3 is 0 Å². The minimum atomic E-state index is -1.10. The van der Waals surface area contributed by atoms with Gasteiger partial charge in [-0.05, 0) is 37.5 Å². The molecule has 1 heterocycles. The molecule has 0 radical (unpaired) electrons. The SMILES string of the molecule is O=C(N[C@@H]1CCC[C@](O)(C#Cc2cccc(Cl)c2)C1)c1cnc[nH]1. The van der Waals surface area contributed by atoms with Crippen molar-refractivity contribution in [2.24, 2.45) is 0 Å². The van der Waals surface area contributed by atoms with E-state index < -0.39 is 5.60 Å². The Labute approximate surface area is 145 Å². The van der Waals surface area contributed by atoms with Gasteiger partial charge in [-0.3, -0.25) is 4.79 Å². The van der Waals surface area contributed by atoms with E-state index in [1.165, 1.54) is 12.5 Å². The number of aromatic nitrogens is 2. The smallest absolute Gasteiger partial charge is 0.269 e. The van der Waals surface area contributed by atoms with Crippen molar-refractivity contribution in [3.63, 3.8) is 0 Å². The molecule has 0 aliphatic heterocycles. The molecule has 5 nitrogen and oxygen atoms in total. The molecule has 1 aliphatic rings. The number of halogens is 1. The maximum Gasteiger partial charge on any atom is 0.269 e. The van der Waals surface area contributed by atoms with Crippen LogP contribution in [0, 0.1) is 11.8 Å². The minimum Gasteiger partial charge on any atom is -0.378 e. The molecule has 24 heavy (non-hydrogen) atoms. The lowest BCUT2D eigenvalue weighted by Gasteiger charge is -2.33. The van der Waals surface area contributed by atoms with Crippen LogP contribution >= 0.6 is 11.6 Å². The molecule has 3 rings (SSSR count). The Morgan fingerprint density at radius 2 is 2.38 bits per heavy atom. The zero-order valence-electron chi connectivity index (χ0n) is 13.1. The van der Waals surface area contributed by atoms with Gasteiger partial charge in [-0.15, -0.1) is 0 Å². The van der Waals surface area contributed by atoms with Gasteiger partial charge in [0.05, 0.1) is 12.5 Å². The van der Waals surface area contributed by atoms with E-state index in [0.29, 0.717) is 23.6 Å². The van der Waals surface area contributed by atoms with Crippen LogP contribution in [0.25, 0.3) is 0 Å². The van der Waals surface area contributed by atoms with E-state index >= 15 is 0 Å². The number of amides is 1. The van der Waals surface area contributed by atoms with Crippen molar-refractivity contribution in [2.75, 3.05) is 0 Å². The van der Waals surface area contributed by atoms with Crippen LogP contribution in [0.3, 0.4) is 0 Å². The van der Waals surface area contributed by atoms with Crippen molar-refractivity contribution in [2.45, 2.75) is 37.3 Å². The summed E-state index contributed by atoms with van der Waals surface area (Å²) in [6.07, 6.45) is 5.55. The third kappa shape index (κ3) is 4.16. The first-order chi connectivity index (χ1) is 11.5. The van der Waals surface area contributed by atoms with Crippen molar-refractivity contribution in [1.29, 1.82) is 0 Å². The van der Waals surface area contributed by atoms with Crippen molar-refractivity contribution in [3.8, 4) is 11.8 Å². The van der Waals surface area contributed by atoms with Gasteiger partial charge in [0.1, 0.15) is 11.3 Å². The van der Waals surface area contributed by atoms with Crippen LogP contribution in [0.2, 0.25) is 5.02 Å². The van der Waals surface area contributed by atoms with Crippen LogP contribution in [0.15, 0.2) is 36.8 Å². The number of carbonyl (C=O) groups excluding carboxylic acids is 1. The van der Waals surface area contributed by atoms with Gasteiger partial charge in [-0.1, -0.05) is 29.5 Å². The maximum atomic E-state index is 12.1. The molecule has 0 bridgehead atoms. The van der Waals surface area contributed by atoms with Crippen LogP contribution in [-0.2, 0) is 0 Å². The molecule has 124 valence electrons. The van der Waals surface area contributed by atoms with Gasteiger partial charge in [0, 0.05) is 23.0 Å². The van der Waals surface area contributed by atoms with Crippen molar-refractivity contribution < 1.29 is 9.90 Å². The normalized spacial score (nSPS) is 23.2. The van der Waals surface area contributed by atoms with Gasteiger partial charge in [-0.25, -0.2) is 4.98 Å². The summed E-state index contributed by atoms with van der Waals surface area (Å²) in [7, 11) is 0. The number of benzene rings is 1. The molecular weight excluding hydrogens is 326 g/mol. The fourth-order valence-corrected chi connectivity index (χ4v) is 3.08. The molecule has 3 N–H and O–H groups in total. The van der Waals surface area contributed by atoms with Gasteiger partial charge in [0.2, 0.25) is 0 Å². The van der Waals surface area contributed by atoms with Crippen LogP contribution in [0.1, 0.15) is 41.7 Å². The highest BCUT2D eigenvalue weighted by molar-refractivity contribution is 6.30. The molecule has 1 aliphatic carbocycles. The van der Waals surface area contributed by atoms with Gasteiger partial charge < -0.3 is 15.4 Å². The summed E-state index contributed by atoms with van der Waals surface area (Å²) in [6.45, 7) is 0. The first-order valence-electron chi connectivity index (χ1n) is 7.84. The molecule has 1 aromatic carbocycles. The number of H-pyrrole nitrogens is 1. The zero-order valence-corrected chi connectivity index (χ0v) is 13.8. The topological polar surface area (TPSA) is 78.0 Å². The summed E-state index contributed by atoms with van der Waals surface area (Å²) in [6, 6.07) is 7.10. The summed E-state index contributed by atoms with van der Waals surface area (Å²) in [5.41, 5.74) is 0.0700. The molecule has 0 unspecified atom stereocenters. The second-order valence-corrected chi connectivity index (χ2v) is 6.46. The third-order valence-electron chi connectivity index (χ3n) is 4.07. The number of hydrogen-bond acceptors (Lipinski definition) is 3. The Balaban J connectivity index is 1.67. The summed E-state index contributed by atoms with van der Waals surface area (Å²) in [4.78, 5) is 18.7.